The van der Waals surface area contributed by atoms with E-state index in [1.165, 1.54) is 0 Å². The van der Waals surface area contributed by atoms with E-state index in [1.807, 2.05) is 26.8 Å². The van der Waals surface area contributed by atoms with Crippen LogP contribution in [0.3, 0.4) is 0 Å². The molecule has 1 aromatic rings. The molecule has 1 fully saturated rings. The highest BCUT2D eigenvalue weighted by atomic mass is 79.9. The van der Waals surface area contributed by atoms with Crippen LogP contribution in [-0.4, -0.2) is 28.8 Å². The van der Waals surface area contributed by atoms with E-state index in [1.54, 1.807) is 17.0 Å². The summed E-state index contributed by atoms with van der Waals surface area (Å²) in [4.78, 5) is 26.1. The first kappa shape index (κ1) is 16.3. The predicted octanol–water partition coefficient (Wildman–Crippen LogP) is 3.69. The summed E-state index contributed by atoms with van der Waals surface area (Å²) in [5, 5.41) is 3.27. The Labute approximate surface area is 138 Å². The molecule has 0 spiro atoms. The summed E-state index contributed by atoms with van der Waals surface area (Å²) < 4.78 is 0.848. The van der Waals surface area contributed by atoms with E-state index in [9.17, 15) is 9.59 Å². The Morgan fingerprint density at radius 1 is 1.43 bits per heavy atom. The van der Waals surface area contributed by atoms with Crippen molar-refractivity contribution < 1.29 is 9.59 Å². The van der Waals surface area contributed by atoms with Crippen LogP contribution in [0.2, 0.25) is 5.02 Å². The van der Waals surface area contributed by atoms with E-state index in [4.69, 9.17) is 11.6 Å². The zero-order valence-corrected chi connectivity index (χ0v) is 14.6. The fraction of sp³-hybridized carbons (Fsp3) is 0.467. The standard InChI is InChI=1S/C15H18BrClN2O2/c1-15(2,3)19-8-9(6-13(19)20)14(21)18-12-5-4-10(16)7-11(12)17/h4-5,7,9H,6,8H2,1-3H3,(H,18,21)/t9-/m0/s1. The van der Waals surface area contributed by atoms with Crippen molar-refractivity contribution in [2.75, 3.05) is 11.9 Å². The summed E-state index contributed by atoms with van der Waals surface area (Å²) in [7, 11) is 0. The van der Waals surface area contributed by atoms with Crippen molar-refractivity contribution in [1.29, 1.82) is 0 Å². The zero-order chi connectivity index (χ0) is 15.8. The molecule has 0 unspecified atom stereocenters. The average molecular weight is 374 g/mol. The molecule has 1 saturated heterocycles. The van der Waals surface area contributed by atoms with Crippen molar-refractivity contribution in [1.82, 2.24) is 4.90 Å². The second-order valence-electron chi connectivity index (χ2n) is 6.19. The smallest absolute Gasteiger partial charge is 0.229 e. The van der Waals surface area contributed by atoms with Crippen molar-refractivity contribution in [2.45, 2.75) is 32.7 Å². The largest absolute Gasteiger partial charge is 0.337 e. The van der Waals surface area contributed by atoms with E-state index in [0.717, 1.165) is 4.47 Å². The van der Waals surface area contributed by atoms with E-state index < -0.39 is 0 Å². The summed E-state index contributed by atoms with van der Waals surface area (Å²) in [6.07, 6.45) is 0.247. The maximum atomic E-state index is 12.3. The number of nitrogens with zero attached hydrogens (tertiary/aromatic N) is 1. The molecule has 0 aliphatic carbocycles. The summed E-state index contributed by atoms with van der Waals surface area (Å²) in [6, 6.07) is 5.27. The molecule has 4 nitrogen and oxygen atoms in total. The van der Waals surface area contributed by atoms with Crippen LogP contribution in [0.1, 0.15) is 27.2 Å². The Kier molecular flexibility index (Phi) is 4.63. The van der Waals surface area contributed by atoms with Crippen LogP contribution in [0.15, 0.2) is 22.7 Å². The first-order valence-corrected chi connectivity index (χ1v) is 7.92. The maximum absolute atomic E-state index is 12.3. The highest BCUT2D eigenvalue weighted by Crippen LogP contribution is 2.29. The zero-order valence-electron chi connectivity index (χ0n) is 12.2. The first-order chi connectivity index (χ1) is 9.68. The van der Waals surface area contributed by atoms with Crippen LogP contribution in [0.4, 0.5) is 5.69 Å². The number of amides is 2. The highest BCUT2D eigenvalue weighted by Gasteiger charge is 2.39. The average Bonchev–Trinajstić information content (AvgIpc) is 2.75. The second kappa shape index (κ2) is 5.97. The predicted molar refractivity (Wildman–Crippen MR) is 87.4 cm³/mol. The lowest BCUT2D eigenvalue weighted by Crippen LogP contribution is -2.42. The Balaban J connectivity index is 2.07. The molecule has 114 valence electrons. The molecule has 1 aromatic carbocycles. The van der Waals surface area contributed by atoms with Crippen molar-refractivity contribution in [3.05, 3.63) is 27.7 Å². The van der Waals surface area contributed by atoms with Gasteiger partial charge in [0.05, 0.1) is 16.6 Å². The van der Waals surface area contributed by atoms with Gasteiger partial charge in [0.2, 0.25) is 11.8 Å². The monoisotopic (exact) mass is 372 g/mol. The summed E-state index contributed by atoms with van der Waals surface area (Å²) in [6.45, 7) is 6.35. The molecule has 6 heteroatoms. The Morgan fingerprint density at radius 3 is 2.62 bits per heavy atom. The van der Waals surface area contributed by atoms with Gasteiger partial charge < -0.3 is 10.2 Å². The molecule has 0 radical (unpaired) electrons. The van der Waals surface area contributed by atoms with Crippen molar-refractivity contribution >= 4 is 45.0 Å². The second-order valence-corrected chi connectivity index (χ2v) is 7.51. The molecule has 1 atom stereocenters. The van der Waals surface area contributed by atoms with Crippen LogP contribution < -0.4 is 5.32 Å². The number of halogens is 2. The topological polar surface area (TPSA) is 49.4 Å². The minimum absolute atomic E-state index is 0.0181. The molecule has 1 aliphatic heterocycles. The van der Waals surface area contributed by atoms with Crippen molar-refractivity contribution in [3.8, 4) is 0 Å². The first-order valence-electron chi connectivity index (χ1n) is 6.75. The molecule has 2 amide bonds. The molecule has 1 N–H and O–H groups in total. The van der Waals surface area contributed by atoms with Crippen molar-refractivity contribution in [3.63, 3.8) is 0 Å². The third-order valence-corrected chi connectivity index (χ3v) is 4.30. The van der Waals surface area contributed by atoms with Crippen molar-refractivity contribution in [2.24, 2.45) is 5.92 Å². The molecular weight excluding hydrogens is 356 g/mol. The van der Waals surface area contributed by atoms with Crippen LogP contribution >= 0.6 is 27.5 Å². The number of nitrogens with one attached hydrogen (secondary N) is 1. The van der Waals surface area contributed by atoms with Gasteiger partial charge in [-0.3, -0.25) is 9.59 Å². The number of rotatable bonds is 2. The molecule has 1 aliphatic rings. The summed E-state index contributed by atoms with van der Waals surface area (Å²) >= 11 is 9.41. The van der Waals surface area contributed by atoms with Gasteiger partial charge in [-0.1, -0.05) is 27.5 Å². The SMILES string of the molecule is CC(C)(C)N1C[C@@H](C(=O)Nc2ccc(Br)cc2Cl)CC1=O. The molecule has 21 heavy (non-hydrogen) atoms. The van der Waals surface area contributed by atoms with Crippen LogP contribution in [0, 0.1) is 5.92 Å². The van der Waals surface area contributed by atoms with E-state index >= 15 is 0 Å². The van der Waals surface area contributed by atoms with Gasteiger partial charge in [0, 0.05) is 23.0 Å². The fourth-order valence-corrected chi connectivity index (χ4v) is 3.08. The molecule has 0 saturated carbocycles. The highest BCUT2D eigenvalue weighted by molar-refractivity contribution is 9.10. The number of hydrogen-bond acceptors (Lipinski definition) is 2. The van der Waals surface area contributed by atoms with Crippen LogP contribution in [0.25, 0.3) is 0 Å². The molecule has 1 heterocycles. The summed E-state index contributed by atoms with van der Waals surface area (Å²) in [5.41, 5.74) is 0.299. The van der Waals surface area contributed by atoms with E-state index in [-0.39, 0.29) is 29.7 Å². The number of likely N-dealkylation sites (tertiary alicyclic amines) is 1. The Bertz CT molecular complexity index is 584. The number of carbonyl (C=O) groups is 2. The molecule has 0 bridgehead atoms. The molecular formula is C15H18BrClN2O2. The minimum atomic E-state index is -0.337. The number of hydrogen-bond donors (Lipinski definition) is 1. The normalized spacial score (nSPS) is 19.0. The lowest BCUT2D eigenvalue weighted by molar-refractivity contribution is -0.131. The maximum Gasteiger partial charge on any atom is 0.229 e. The van der Waals surface area contributed by atoms with Gasteiger partial charge in [-0.15, -0.1) is 0 Å². The van der Waals surface area contributed by atoms with Gasteiger partial charge in [0.1, 0.15) is 0 Å². The lowest BCUT2D eigenvalue weighted by atomic mass is 10.1. The third-order valence-electron chi connectivity index (χ3n) is 3.49. The summed E-state index contributed by atoms with van der Waals surface area (Å²) in [5.74, 6) is -0.486. The minimum Gasteiger partial charge on any atom is -0.337 e. The van der Waals surface area contributed by atoms with Gasteiger partial charge in [0.15, 0.2) is 0 Å². The molecule has 2 rings (SSSR count). The quantitative estimate of drug-likeness (QED) is 0.859. The van der Waals surface area contributed by atoms with Gasteiger partial charge in [0.25, 0.3) is 0 Å². The lowest BCUT2D eigenvalue weighted by Gasteiger charge is -2.31. The number of carbonyl (C=O) groups excluding carboxylic acids is 2. The fourth-order valence-electron chi connectivity index (χ4n) is 2.36. The molecule has 0 aromatic heterocycles. The van der Waals surface area contributed by atoms with Crippen LogP contribution in [0.5, 0.6) is 0 Å². The van der Waals surface area contributed by atoms with Gasteiger partial charge >= 0.3 is 0 Å². The number of benzene rings is 1. The number of anilines is 1. The van der Waals surface area contributed by atoms with Crippen LogP contribution in [-0.2, 0) is 9.59 Å². The Morgan fingerprint density at radius 2 is 2.10 bits per heavy atom. The van der Waals surface area contributed by atoms with Gasteiger partial charge in [-0.05, 0) is 39.0 Å². The third kappa shape index (κ3) is 3.77. The van der Waals surface area contributed by atoms with Gasteiger partial charge in [-0.2, -0.15) is 0 Å². The van der Waals surface area contributed by atoms with Gasteiger partial charge in [-0.25, -0.2) is 0 Å². The van der Waals surface area contributed by atoms with E-state index in [2.05, 4.69) is 21.2 Å². The Hall–Kier alpha value is -1.07. The van der Waals surface area contributed by atoms with E-state index in [0.29, 0.717) is 17.3 Å².